The summed E-state index contributed by atoms with van der Waals surface area (Å²) in [6.07, 6.45) is 2.02. The third kappa shape index (κ3) is 3.50. The van der Waals surface area contributed by atoms with Gasteiger partial charge in [-0.2, -0.15) is 0 Å². The number of aromatic amines is 1. The maximum absolute atomic E-state index is 13.8. The Morgan fingerprint density at radius 3 is 2.87 bits per heavy atom. The van der Waals surface area contributed by atoms with Crippen molar-refractivity contribution in [2.24, 2.45) is 0 Å². The second kappa shape index (κ2) is 6.62. The number of nitrogens with zero attached hydrogens (tertiary/aromatic N) is 2. The molecule has 1 aliphatic heterocycles. The van der Waals surface area contributed by atoms with Crippen molar-refractivity contribution < 1.29 is 4.39 Å². The van der Waals surface area contributed by atoms with Crippen molar-refractivity contribution in [2.75, 3.05) is 13.1 Å². The lowest BCUT2D eigenvalue weighted by Crippen LogP contribution is -2.35. The number of piperidine rings is 1. The van der Waals surface area contributed by atoms with Crippen LogP contribution in [0.2, 0.25) is 0 Å². The second-order valence-electron chi connectivity index (χ2n) is 6.33. The van der Waals surface area contributed by atoms with Gasteiger partial charge in [0, 0.05) is 35.8 Å². The Morgan fingerprint density at radius 2 is 2.13 bits per heavy atom. The highest BCUT2D eigenvalue weighted by molar-refractivity contribution is 5.18. The number of nitrogens with one attached hydrogen (secondary N) is 1. The third-order valence-corrected chi connectivity index (χ3v) is 4.66. The number of halogens is 1. The molecule has 122 valence electrons. The van der Waals surface area contributed by atoms with Crippen LogP contribution in [0.15, 0.2) is 29.1 Å². The topological polar surface area (TPSA) is 49.0 Å². The molecule has 0 amide bonds. The standard InChI is InChI=1S/C18H22FN3O/c1-12-13(2)20-17(21-18(12)23)15-7-5-9-22(11-15)10-14-6-3-4-8-16(14)19/h3-4,6,8,15H,5,7,9-11H2,1-2H3,(H,20,21,23). The lowest BCUT2D eigenvalue weighted by atomic mass is 9.96. The van der Waals surface area contributed by atoms with Gasteiger partial charge in [-0.1, -0.05) is 18.2 Å². The molecule has 0 aliphatic carbocycles. The number of aryl methyl sites for hydroxylation is 1. The van der Waals surface area contributed by atoms with Gasteiger partial charge in [0.05, 0.1) is 0 Å². The van der Waals surface area contributed by atoms with Crippen LogP contribution in [0, 0.1) is 19.7 Å². The summed E-state index contributed by atoms with van der Waals surface area (Å²) in [6.45, 7) is 5.99. The Labute approximate surface area is 135 Å². The van der Waals surface area contributed by atoms with Gasteiger partial charge in [0.25, 0.3) is 5.56 Å². The highest BCUT2D eigenvalue weighted by atomic mass is 19.1. The van der Waals surface area contributed by atoms with Gasteiger partial charge in [-0.25, -0.2) is 9.37 Å². The number of benzene rings is 1. The Bertz CT molecular complexity index is 756. The summed E-state index contributed by atoms with van der Waals surface area (Å²) in [6, 6.07) is 6.90. The van der Waals surface area contributed by atoms with E-state index in [1.807, 2.05) is 19.1 Å². The number of H-pyrrole nitrogens is 1. The van der Waals surface area contributed by atoms with Gasteiger partial charge in [-0.05, 0) is 39.3 Å². The zero-order valence-electron chi connectivity index (χ0n) is 13.6. The van der Waals surface area contributed by atoms with Gasteiger partial charge in [0.2, 0.25) is 0 Å². The molecule has 0 radical (unpaired) electrons. The molecule has 1 atom stereocenters. The van der Waals surface area contributed by atoms with E-state index in [0.29, 0.717) is 12.1 Å². The lowest BCUT2D eigenvalue weighted by molar-refractivity contribution is 0.194. The monoisotopic (exact) mass is 315 g/mol. The predicted molar refractivity (Wildman–Crippen MR) is 88.0 cm³/mol. The van der Waals surface area contributed by atoms with E-state index in [1.165, 1.54) is 6.07 Å². The van der Waals surface area contributed by atoms with Gasteiger partial charge in [0.1, 0.15) is 11.6 Å². The van der Waals surface area contributed by atoms with E-state index in [9.17, 15) is 9.18 Å². The van der Waals surface area contributed by atoms with E-state index in [4.69, 9.17) is 0 Å². The van der Waals surface area contributed by atoms with E-state index < -0.39 is 0 Å². The SMILES string of the molecule is Cc1nc(C2CCCN(Cc3ccccc3F)C2)[nH]c(=O)c1C. The Balaban J connectivity index is 1.76. The fourth-order valence-corrected chi connectivity index (χ4v) is 3.15. The van der Waals surface area contributed by atoms with Crippen LogP contribution in [0.5, 0.6) is 0 Å². The first-order valence-electron chi connectivity index (χ1n) is 8.08. The molecule has 0 bridgehead atoms. The van der Waals surface area contributed by atoms with Gasteiger partial charge in [-0.15, -0.1) is 0 Å². The van der Waals surface area contributed by atoms with E-state index in [1.54, 1.807) is 13.0 Å². The third-order valence-electron chi connectivity index (χ3n) is 4.66. The van der Waals surface area contributed by atoms with E-state index in [0.717, 1.165) is 43.0 Å². The normalized spacial score (nSPS) is 19.0. The van der Waals surface area contributed by atoms with Crippen molar-refractivity contribution in [2.45, 2.75) is 39.2 Å². The average Bonchev–Trinajstić information content (AvgIpc) is 2.54. The molecule has 1 aromatic carbocycles. The van der Waals surface area contributed by atoms with E-state index in [-0.39, 0.29) is 17.3 Å². The zero-order valence-corrected chi connectivity index (χ0v) is 13.6. The smallest absolute Gasteiger partial charge is 0.254 e. The molecular formula is C18H22FN3O. The van der Waals surface area contributed by atoms with Crippen molar-refractivity contribution in [3.63, 3.8) is 0 Å². The molecule has 0 spiro atoms. The number of rotatable bonds is 3. The van der Waals surface area contributed by atoms with Gasteiger partial charge in [-0.3, -0.25) is 9.69 Å². The number of hydrogen-bond donors (Lipinski definition) is 1. The highest BCUT2D eigenvalue weighted by Crippen LogP contribution is 2.25. The number of aromatic nitrogens is 2. The molecule has 23 heavy (non-hydrogen) atoms. The summed E-state index contributed by atoms with van der Waals surface area (Å²) in [5.74, 6) is 0.797. The molecule has 1 saturated heterocycles. The van der Waals surface area contributed by atoms with Crippen molar-refractivity contribution in [3.05, 3.63) is 63.1 Å². The zero-order chi connectivity index (χ0) is 16.4. The van der Waals surface area contributed by atoms with Crippen molar-refractivity contribution in [1.82, 2.24) is 14.9 Å². The first-order chi connectivity index (χ1) is 11.0. The number of hydrogen-bond acceptors (Lipinski definition) is 3. The van der Waals surface area contributed by atoms with Crippen LogP contribution in [0.1, 0.15) is 41.4 Å². The Hall–Kier alpha value is -2.01. The van der Waals surface area contributed by atoms with Crippen LogP contribution in [0.3, 0.4) is 0 Å². The summed E-state index contributed by atoms with van der Waals surface area (Å²) in [5.41, 5.74) is 2.12. The van der Waals surface area contributed by atoms with Crippen molar-refractivity contribution in [3.8, 4) is 0 Å². The fraction of sp³-hybridized carbons (Fsp3) is 0.444. The molecule has 5 heteroatoms. The molecule has 1 fully saturated rings. The quantitative estimate of drug-likeness (QED) is 0.947. The second-order valence-corrected chi connectivity index (χ2v) is 6.33. The first kappa shape index (κ1) is 15.9. The van der Waals surface area contributed by atoms with Crippen LogP contribution in [0.25, 0.3) is 0 Å². The first-order valence-corrected chi connectivity index (χ1v) is 8.08. The summed E-state index contributed by atoms with van der Waals surface area (Å²) in [5, 5.41) is 0. The number of likely N-dealkylation sites (tertiary alicyclic amines) is 1. The minimum atomic E-state index is -0.160. The Kier molecular flexibility index (Phi) is 4.57. The largest absolute Gasteiger partial charge is 0.310 e. The van der Waals surface area contributed by atoms with E-state index in [2.05, 4.69) is 14.9 Å². The van der Waals surface area contributed by atoms with Crippen LogP contribution < -0.4 is 5.56 Å². The van der Waals surface area contributed by atoms with Gasteiger partial charge < -0.3 is 4.98 Å². The molecule has 0 saturated carbocycles. The van der Waals surface area contributed by atoms with Crippen LogP contribution in [0.4, 0.5) is 4.39 Å². The molecule has 4 nitrogen and oxygen atoms in total. The molecule has 1 unspecified atom stereocenters. The highest BCUT2D eigenvalue weighted by Gasteiger charge is 2.24. The average molecular weight is 315 g/mol. The van der Waals surface area contributed by atoms with E-state index >= 15 is 0 Å². The fourth-order valence-electron chi connectivity index (χ4n) is 3.15. The lowest BCUT2D eigenvalue weighted by Gasteiger charge is -2.32. The Morgan fingerprint density at radius 1 is 1.35 bits per heavy atom. The summed E-state index contributed by atoms with van der Waals surface area (Å²) in [4.78, 5) is 21.7. The maximum Gasteiger partial charge on any atom is 0.254 e. The summed E-state index contributed by atoms with van der Waals surface area (Å²) < 4.78 is 13.8. The summed E-state index contributed by atoms with van der Waals surface area (Å²) in [7, 11) is 0. The minimum absolute atomic E-state index is 0.0567. The van der Waals surface area contributed by atoms with Crippen molar-refractivity contribution in [1.29, 1.82) is 0 Å². The van der Waals surface area contributed by atoms with Crippen LogP contribution in [-0.2, 0) is 6.54 Å². The maximum atomic E-state index is 13.8. The molecule has 1 N–H and O–H groups in total. The molecule has 1 aromatic heterocycles. The van der Waals surface area contributed by atoms with Gasteiger partial charge >= 0.3 is 0 Å². The molecule has 3 rings (SSSR count). The molecule has 2 heterocycles. The minimum Gasteiger partial charge on any atom is -0.310 e. The van der Waals surface area contributed by atoms with Crippen molar-refractivity contribution >= 4 is 0 Å². The van der Waals surface area contributed by atoms with Gasteiger partial charge in [0.15, 0.2) is 0 Å². The molecular weight excluding hydrogens is 293 g/mol. The van der Waals surface area contributed by atoms with Crippen LogP contribution >= 0.6 is 0 Å². The molecule has 1 aliphatic rings. The predicted octanol–water partition coefficient (Wildman–Crippen LogP) is 2.91. The molecule has 2 aromatic rings. The summed E-state index contributed by atoms with van der Waals surface area (Å²) >= 11 is 0. The van der Waals surface area contributed by atoms with Crippen LogP contribution in [-0.4, -0.2) is 28.0 Å².